The average molecular weight is 444 g/mol. The van der Waals surface area contributed by atoms with Gasteiger partial charge in [0.2, 0.25) is 5.95 Å². The lowest BCUT2D eigenvalue weighted by Crippen LogP contribution is -2.26. The first-order valence-electron chi connectivity index (χ1n) is 7.42. The van der Waals surface area contributed by atoms with Crippen LogP contribution in [0.1, 0.15) is 10.4 Å². The molecule has 0 aliphatic heterocycles. The highest BCUT2D eigenvalue weighted by molar-refractivity contribution is 9.10. The Hall–Kier alpha value is -2.20. The summed E-state index contributed by atoms with van der Waals surface area (Å²) in [5, 5.41) is 15.8. The molecule has 0 radical (unpaired) electrons. The number of nitrogens with one attached hydrogen (secondary N) is 2. The van der Waals surface area contributed by atoms with Crippen LogP contribution in [0.25, 0.3) is 5.52 Å². The van der Waals surface area contributed by atoms with Crippen LogP contribution in [0.3, 0.4) is 0 Å². The quantitative estimate of drug-likeness (QED) is 0.309. The number of benzene rings is 1. The molecule has 0 saturated carbocycles. The van der Waals surface area contributed by atoms with E-state index >= 15 is 0 Å². The highest BCUT2D eigenvalue weighted by Crippen LogP contribution is 2.31. The van der Waals surface area contributed by atoms with Crippen LogP contribution < -0.4 is 10.8 Å². The molecule has 1 amide bonds. The van der Waals surface area contributed by atoms with Gasteiger partial charge in [0.15, 0.2) is 0 Å². The fraction of sp³-hybridized carbons (Fsp3) is 0.125. The number of hydroxylamine groups is 1. The monoisotopic (exact) mass is 442 g/mol. The van der Waals surface area contributed by atoms with Crippen LogP contribution in [0.4, 0.5) is 15.8 Å². The number of pyridine rings is 1. The summed E-state index contributed by atoms with van der Waals surface area (Å²) in [6.45, 7) is -0.361. The molecule has 136 valence electrons. The normalized spacial score (nSPS) is 10.9. The fourth-order valence-corrected chi connectivity index (χ4v) is 2.99. The van der Waals surface area contributed by atoms with Gasteiger partial charge in [0.05, 0.1) is 41.2 Å². The lowest BCUT2D eigenvalue weighted by Gasteiger charge is -2.15. The van der Waals surface area contributed by atoms with E-state index in [2.05, 4.69) is 31.8 Å². The summed E-state index contributed by atoms with van der Waals surface area (Å²) in [6.07, 6.45) is 1.42. The molecule has 3 N–H and O–H groups in total. The number of hydrogen-bond donors (Lipinski definition) is 3. The van der Waals surface area contributed by atoms with E-state index in [1.165, 1.54) is 12.3 Å². The zero-order valence-corrected chi connectivity index (χ0v) is 15.5. The SMILES string of the molecule is O=C(NOCCO)c1cc2ccnn2c(F)c1Nc1ccc(Br)cc1Cl. The molecular weight excluding hydrogens is 431 g/mol. The molecule has 26 heavy (non-hydrogen) atoms. The Balaban J connectivity index is 2.04. The highest BCUT2D eigenvalue weighted by Gasteiger charge is 2.21. The molecule has 0 aliphatic carbocycles. The Morgan fingerprint density at radius 2 is 2.19 bits per heavy atom. The van der Waals surface area contributed by atoms with Gasteiger partial charge in [-0.3, -0.25) is 9.63 Å². The number of aliphatic hydroxyl groups excluding tert-OH is 1. The Bertz CT molecular complexity index is 966. The van der Waals surface area contributed by atoms with Gasteiger partial charge in [0.1, 0.15) is 5.69 Å². The van der Waals surface area contributed by atoms with E-state index < -0.39 is 11.9 Å². The topological polar surface area (TPSA) is 87.9 Å². The molecule has 7 nitrogen and oxygen atoms in total. The van der Waals surface area contributed by atoms with Crippen molar-refractivity contribution in [2.24, 2.45) is 0 Å². The van der Waals surface area contributed by atoms with Crippen molar-refractivity contribution >= 4 is 50.3 Å². The van der Waals surface area contributed by atoms with Gasteiger partial charge in [-0.2, -0.15) is 9.49 Å². The van der Waals surface area contributed by atoms with Gasteiger partial charge in [-0.1, -0.05) is 27.5 Å². The van der Waals surface area contributed by atoms with Crippen molar-refractivity contribution in [3.8, 4) is 0 Å². The first-order valence-corrected chi connectivity index (χ1v) is 8.59. The number of anilines is 2. The zero-order chi connectivity index (χ0) is 18.7. The van der Waals surface area contributed by atoms with Crippen molar-refractivity contribution in [3.05, 3.63) is 57.5 Å². The fourth-order valence-electron chi connectivity index (χ4n) is 2.26. The first kappa shape index (κ1) is 18.6. The number of carbonyl (C=O) groups is 1. The molecule has 0 fully saturated rings. The Kier molecular flexibility index (Phi) is 5.72. The molecule has 0 saturated heterocycles. The molecule has 0 aliphatic rings. The summed E-state index contributed by atoms with van der Waals surface area (Å²) in [4.78, 5) is 17.2. The van der Waals surface area contributed by atoms with Crippen LogP contribution in [-0.4, -0.2) is 33.8 Å². The Morgan fingerprint density at radius 3 is 2.92 bits per heavy atom. The van der Waals surface area contributed by atoms with Crippen molar-refractivity contribution < 1.29 is 19.1 Å². The number of fused-ring (bicyclic) bond motifs is 1. The third kappa shape index (κ3) is 3.80. The largest absolute Gasteiger partial charge is 0.394 e. The molecule has 3 rings (SSSR count). The molecule has 0 atom stereocenters. The van der Waals surface area contributed by atoms with Gasteiger partial charge < -0.3 is 10.4 Å². The van der Waals surface area contributed by atoms with E-state index in [-0.39, 0.29) is 24.5 Å². The van der Waals surface area contributed by atoms with Crippen LogP contribution >= 0.6 is 27.5 Å². The van der Waals surface area contributed by atoms with Crippen LogP contribution in [-0.2, 0) is 4.84 Å². The van der Waals surface area contributed by atoms with Gasteiger partial charge in [-0.25, -0.2) is 10.00 Å². The summed E-state index contributed by atoms with van der Waals surface area (Å²) in [6, 6.07) is 8.03. The number of aromatic nitrogens is 2. The minimum Gasteiger partial charge on any atom is -0.394 e. The Morgan fingerprint density at radius 1 is 1.38 bits per heavy atom. The smallest absolute Gasteiger partial charge is 0.277 e. The number of aliphatic hydroxyl groups is 1. The second-order valence-corrected chi connectivity index (χ2v) is 6.47. The lowest BCUT2D eigenvalue weighted by molar-refractivity contribution is 0.0168. The number of hydrogen-bond acceptors (Lipinski definition) is 5. The maximum absolute atomic E-state index is 14.9. The third-order valence-corrected chi connectivity index (χ3v) is 4.23. The number of carbonyl (C=O) groups excluding carboxylic acids is 1. The molecule has 0 spiro atoms. The molecule has 0 bridgehead atoms. The van der Waals surface area contributed by atoms with Crippen molar-refractivity contribution in [2.45, 2.75) is 0 Å². The molecule has 3 aromatic rings. The summed E-state index contributed by atoms with van der Waals surface area (Å²) >= 11 is 9.47. The highest BCUT2D eigenvalue weighted by atomic mass is 79.9. The van der Waals surface area contributed by atoms with E-state index in [0.29, 0.717) is 16.2 Å². The molecule has 2 heterocycles. The minimum absolute atomic E-state index is 0.00701. The van der Waals surface area contributed by atoms with Crippen LogP contribution in [0, 0.1) is 5.95 Å². The van der Waals surface area contributed by atoms with E-state index in [9.17, 15) is 9.18 Å². The number of rotatable bonds is 6. The lowest BCUT2D eigenvalue weighted by atomic mass is 10.1. The van der Waals surface area contributed by atoms with Crippen molar-refractivity contribution in [1.82, 2.24) is 15.1 Å². The van der Waals surface area contributed by atoms with Crippen molar-refractivity contribution in [2.75, 3.05) is 18.5 Å². The summed E-state index contributed by atoms with van der Waals surface area (Å²) in [7, 11) is 0. The molecule has 2 aromatic heterocycles. The van der Waals surface area contributed by atoms with Crippen LogP contribution in [0.15, 0.2) is 41.0 Å². The van der Waals surface area contributed by atoms with Crippen molar-refractivity contribution in [3.63, 3.8) is 0 Å². The number of halogens is 3. The maximum atomic E-state index is 14.9. The Labute approximate surface area is 160 Å². The van der Waals surface area contributed by atoms with Crippen LogP contribution in [0.2, 0.25) is 5.02 Å². The average Bonchev–Trinajstić information content (AvgIpc) is 3.08. The van der Waals surface area contributed by atoms with E-state index in [0.717, 1.165) is 8.99 Å². The standard InChI is InChI=1S/C16H13BrClFN4O3/c17-9-1-2-13(12(18)7-9)21-14-11(16(25)22-26-6-5-24)8-10-3-4-20-23(10)15(14)19/h1-4,7-8,21,24H,5-6H2,(H,22,25). The second-order valence-electron chi connectivity index (χ2n) is 5.14. The molecule has 1 aromatic carbocycles. The van der Waals surface area contributed by atoms with E-state index in [1.807, 2.05) is 0 Å². The van der Waals surface area contributed by atoms with Gasteiger partial charge in [-0.15, -0.1) is 0 Å². The van der Waals surface area contributed by atoms with Gasteiger partial charge in [0.25, 0.3) is 5.91 Å². The number of nitrogens with zero attached hydrogens (tertiary/aromatic N) is 2. The first-order chi connectivity index (χ1) is 12.5. The minimum atomic E-state index is -0.765. The summed E-state index contributed by atoms with van der Waals surface area (Å²) in [5.74, 6) is -1.45. The van der Waals surface area contributed by atoms with Gasteiger partial charge >= 0.3 is 0 Å². The summed E-state index contributed by atoms with van der Waals surface area (Å²) < 4.78 is 16.7. The van der Waals surface area contributed by atoms with Gasteiger partial charge in [-0.05, 0) is 30.3 Å². The van der Waals surface area contributed by atoms with Crippen LogP contribution in [0.5, 0.6) is 0 Å². The molecule has 0 unspecified atom stereocenters. The summed E-state index contributed by atoms with van der Waals surface area (Å²) in [5.41, 5.74) is 2.83. The number of amides is 1. The van der Waals surface area contributed by atoms with Crippen molar-refractivity contribution in [1.29, 1.82) is 0 Å². The van der Waals surface area contributed by atoms with Gasteiger partial charge in [0, 0.05) is 4.47 Å². The predicted molar refractivity (Wildman–Crippen MR) is 98.1 cm³/mol. The molecular formula is C16H13BrClFN4O3. The maximum Gasteiger partial charge on any atom is 0.277 e. The third-order valence-electron chi connectivity index (χ3n) is 3.42. The molecule has 10 heteroatoms. The second kappa shape index (κ2) is 8.00. The predicted octanol–water partition coefficient (Wildman–Crippen LogP) is 3.29. The zero-order valence-electron chi connectivity index (χ0n) is 13.2. The van der Waals surface area contributed by atoms with E-state index in [4.69, 9.17) is 21.5 Å². The van der Waals surface area contributed by atoms with E-state index in [1.54, 1.807) is 24.3 Å².